The summed E-state index contributed by atoms with van der Waals surface area (Å²) in [5, 5.41) is 13.7. The van der Waals surface area contributed by atoms with E-state index in [-0.39, 0.29) is 19.1 Å². The lowest BCUT2D eigenvalue weighted by atomic mass is 10.0. The highest BCUT2D eigenvalue weighted by Crippen LogP contribution is 2.38. The first-order valence-corrected chi connectivity index (χ1v) is 26.4. The van der Waals surface area contributed by atoms with Crippen molar-refractivity contribution in [3.63, 3.8) is 0 Å². The summed E-state index contributed by atoms with van der Waals surface area (Å²) in [4.78, 5) is 25.2. The zero-order valence-electron chi connectivity index (χ0n) is 39.9. The van der Waals surface area contributed by atoms with Crippen molar-refractivity contribution in [2.75, 3.05) is 40.9 Å². The van der Waals surface area contributed by atoms with Crippen molar-refractivity contribution in [3.05, 3.63) is 48.6 Å². The fraction of sp³-hybridized carbons (Fsp3) is 0.824. The third kappa shape index (κ3) is 44.5. The lowest BCUT2D eigenvalue weighted by molar-refractivity contribution is -0.870. The SMILES string of the molecule is CC/C=C\C/C=C\C/C=C\C/C=C\CCCCCCCCCCCCCCCCCCCCCCC(=O)NC(COP(=O)([O-])OCC[N+](C)(C)C)C(O)CCCCCCC. The second-order valence-electron chi connectivity index (χ2n) is 18.1. The van der Waals surface area contributed by atoms with E-state index in [1.807, 2.05) is 21.1 Å². The van der Waals surface area contributed by atoms with E-state index in [0.29, 0.717) is 23.9 Å². The number of unbranched alkanes of at least 4 members (excludes halogenated alkanes) is 24. The highest BCUT2D eigenvalue weighted by molar-refractivity contribution is 7.45. The van der Waals surface area contributed by atoms with Gasteiger partial charge < -0.3 is 28.8 Å². The van der Waals surface area contributed by atoms with Crippen molar-refractivity contribution in [1.29, 1.82) is 0 Å². The van der Waals surface area contributed by atoms with Gasteiger partial charge in [-0.15, -0.1) is 0 Å². The van der Waals surface area contributed by atoms with Gasteiger partial charge in [-0.05, 0) is 51.4 Å². The molecule has 60 heavy (non-hydrogen) atoms. The van der Waals surface area contributed by atoms with Gasteiger partial charge in [0.2, 0.25) is 5.91 Å². The number of carbonyl (C=O) groups is 1. The molecule has 0 radical (unpaired) electrons. The van der Waals surface area contributed by atoms with Crippen LogP contribution >= 0.6 is 7.82 Å². The normalized spacial score (nSPS) is 14.6. The van der Waals surface area contributed by atoms with Crippen molar-refractivity contribution in [2.24, 2.45) is 0 Å². The van der Waals surface area contributed by atoms with Crippen LogP contribution in [0.15, 0.2) is 48.6 Å². The lowest BCUT2D eigenvalue weighted by Crippen LogP contribution is -2.46. The first-order chi connectivity index (χ1) is 29.0. The number of nitrogens with one attached hydrogen (secondary N) is 1. The van der Waals surface area contributed by atoms with E-state index < -0.39 is 20.0 Å². The van der Waals surface area contributed by atoms with Crippen LogP contribution in [0.1, 0.15) is 219 Å². The Labute approximate surface area is 371 Å². The number of aliphatic hydroxyl groups is 1. The van der Waals surface area contributed by atoms with Crippen LogP contribution in [0.3, 0.4) is 0 Å². The number of likely N-dealkylation sites (N-methyl/N-ethyl adjacent to an activating group) is 1. The van der Waals surface area contributed by atoms with Gasteiger partial charge >= 0.3 is 0 Å². The van der Waals surface area contributed by atoms with Crippen molar-refractivity contribution < 1.29 is 32.9 Å². The van der Waals surface area contributed by atoms with Crippen LogP contribution in [0, 0.1) is 0 Å². The predicted octanol–water partition coefficient (Wildman–Crippen LogP) is 13.8. The maximum atomic E-state index is 12.8. The Hall–Kier alpha value is -1.54. The van der Waals surface area contributed by atoms with Crippen molar-refractivity contribution >= 4 is 13.7 Å². The number of rotatable bonds is 45. The molecule has 8 nitrogen and oxygen atoms in total. The molecule has 2 N–H and O–H groups in total. The van der Waals surface area contributed by atoms with Gasteiger partial charge in [-0.3, -0.25) is 9.36 Å². The van der Waals surface area contributed by atoms with Gasteiger partial charge in [0.05, 0.1) is 39.9 Å². The molecule has 0 aliphatic heterocycles. The Morgan fingerprint density at radius 1 is 0.600 bits per heavy atom. The number of amides is 1. The second kappa shape index (κ2) is 42.7. The largest absolute Gasteiger partial charge is 0.756 e. The van der Waals surface area contributed by atoms with Crippen molar-refractivity contribution in [1.82, 2.24) is 5.32 Å². The van der Waals surface area contributed by atoms with Gasteiger partial charge in [0.15, 0.2) is 0 Å². The molecule has 0 aliphatic rings. The predicted molar refractivity (Wildman–Crippen MR) is 256 cm³/mol. The topological polar surface area (TPSA) is 108 Å². The summed E-state index contributed by atoms with van der Waals surface area (Å²) in [6.45, 7) is 4.52. The van der Waals surface area contributed by atoms with E-state index in [1.54, 1.807) is 0 Å². The molecule has 0 aliphatic carbocycles. The monoisotopic (exact) mass is 865 g/mol. The van der Waals surface area contributed by atoms with Crippen LogP contribution in [0.5, 0.6) is 0 Å². The zero-order chi connectivity index (χ0) is 44.3. The quantitative estimate of drug-likeness (QED) is 0.0273. The van der Waals surface area contributed by atoms with Gasteiger partial charge in [-0.2, -0.15) is 0 Å². The van der Waals surface area contributed by atoms with E-state index in [9.17, 15) is 19.4 Å². The zero-order valence-corrected chi connectivity index (χ0v) is 40.8. The molecule has 352 valence electrons. The van der Waals surface area contributed by atoms with E-state index in [2.05, 4.69) is 67.8 Å². The molecule has 0 fully saturated rings. The van der Waals surface area contributed by atoms with E-state index in [4.69, 9.17) is 9.05 Å². The molecule has 0 bridgehead atoms. The molecule has 0 aromatic rings. The minimum atomic E-state index is -4.55. The number of quaternary nitrogens is 1. The molecule has 0 spiro atoms. The first-order valence-electron chi connectivity index (χ1n) is 25.0. The molecule has 3 atom stereocenters. The number of allylic oxidation sites excluding steroid dienone is 8. The highest BCUT2D eigenvalue weighted by Gasteiger charge is 2.24. The number of hydrogen-bond donors (Lipinski definition) is 2. The molecule has 0 aromatic heterocycles. The summed E-state index contributed by atoms with van der Waals surface area (Å²) < 4.78 is 23.1. The smallest absolute Gasteiger partial charge is 0.268 e. The number of phosphoric acid groups is 1. The van der Waals surface area contributed by atoms with E-state index >= 15 is 0 Å². The van der Waals surface area contributed by atoms with Gasteiger partial charge in [0, 0.05) is 6.42 Å². The molecule has 0 rings (SSSR count). The fourth-order valence-corrected chi connectivity index (χ4v) is 7.87. The maximum absolute atomic E-state index is 12.8. The van der Waals surface area contributed by atoms with Crippen molar-refractivity contribution in [3.8, 4) is 0 Å². The third-order valence-corrected chi connectivity index (χ3v) is 12.0. The van der Waals surface area contributed by atoms with Crippen LogP contribution in [0.25, 0.3) is 0 Å². The van der Waals surface area contributed by atoms with Gasteiger partial charge in [0.1, 0.15) is 13.2 Å². The minimum Gasteiger partial charge on any atom is -0.756 e. The molecule has 0 aromatic carbocycles. The summed E-state index contributed by atoms with van der Waals surface area (Å²) >= 11 is 0. The Bertz CT molecular complexity index is 1120. The second-order valence-corrected chi connectivity index (χ2v) is 19.6. The fourth-order valence-electron chi connectivity index (χ4n) is 7.15. The number of aliphatic hydroxyl groups excluding tert-OH is 1. The number of phosphoric ester groups is 1. The average molecular weight is 865 g/mol. The van der Waals surface area contributed by atoms with Gasteiger partial charge in [-0.1, -0.05) is 210 Å². The molecular formula is C51H97N2O6P. The molecule has 9 heteroatoms. The number of nitrogens with zero attached hydrogens (tertiary/aromatic N) is 1. The van der Waals surface area contributed by atoms with Crippen LogP contribution in [0.2, 0.25) is 0 Å². The third-order valence-electron chi connectivity index (χ3n) is 11.1. The highest BCUT2D eigenvalue weighted by atomic mass is 31.2. The minimum absolute atomic E-state index is 0.0117. The Morgan fingerprint density at radius 2 is 1.02 bits per heavy atom. The molecule has 3 unspecified atom stereocenters. The maximum Gasteiger partial charge on any atom is 0.268 e. The molecular weight excluding hydrogens is 768 g/mol. The van der Waals surface area contributed by atoms with Gasteiger partial charge in [0.25, 0.3) is 7.82 Å². The van der Waals surface area contributed by atoms with Gasteiger partial charge in [-0.25, -0.2) is 0 Å². The Morgan fingerprint density at radius 3 is 1.48 bits per heavy atom. The number of carbonyl (C=O) groups excluding carboxylic acids is 1. The van der Waals surface area contributed by atoms with Crippen LogP contribution in [0.4, 0.5) is 0 Å². The molecule has 1 amide bonds. The van der Waals surface area contributed by atoms with Crippen LogP contribution in [-0.4, -0.2) is 68.5 Å². The first kappa shape index (κ1) is 58.5. The van der Waals surface area contributed by atoms with Crippen LogP contribution in [-0.2, 0) is 18.4 Å². The molecule has 0 heterocycles. The standard InChI is InChI=1S/C51H97N2O6P/c1-6-8-10-12-13-14-15-16-17-18-19-20-21-22-23-24-25-26-27-28-29-30-31-32-33-34-35-36-37-38-39-41-43-45-51(55)52-49(50(54)44-42-40-11-9-7-2)48-59-60(56,57)58-47-46-53(3,4)5/h8,10,13-14,16-17,19-20,49-50,54H,6-7,9,11-12,15,18,21-48H2,1-5H3,(H-,52,55,56,57)/b10-8-,14-13-,17-16-,20-19-. The Kier molecular flexibility index (Phi) is 41.6. The summed E-state index contributed by atoms with van der Waals surface area (Å²) in [6.07, 6.45) is 54.8. The van der Waals surface area contributed by atoms with E-state index in [0.717, 1.165) is 77.0 Å². The summed E-state index contributed by atoms with van der Waals surface area (Å²) in [7, 11) is 1.30. The van der Waals surface area contributed by atoms with Crippen LogP contribution < -0.4 is 10.2 Å². The van der Waals surface area contributed by atoms with Crippen molar-refractivity contribution in [2.45, 2.75) is 231 Å². The molecule has 0 saturated heterocycles. The van der Waals surface area contributed by atoms with E-state index in [1.165, 1.54) is 116 Å². The number of hydrogen-bond acceptors (Lipinski definition) is 6. The summed E-state index contributed by atoms with van der Waals surface area (Å²) in [6, 6.07) is -0.795. The Balaban J connectivity index is 3.79. The lowest BCUT2D eigenvalue weighted by Gasteiger charge is -2.30. The molecule has 0 saturated carbocycles. The summed E-state index contributed by atoms with van der Waals surface area (Å²) in [5.74, 6) is -0.171. The average Bonchev–Trinajstić information content (AvgIpc) is 3.20. The summed E-state index contributed by atoms with van der Waals surface area (Å²) in [5.41, 5.74) is 0.